The van der Waals surface area contributed by atoms with Crippen molar-refractivity contribution in [3.63, 3.8) is 0 Å². The van der Waals surface area contributed by atoms with Gasteiger partial charge in [-0.15, -0.1) is 0 Å². The van der Waals surface area contributed by atoms with E-state index < -0.39 is 10.4 Å². The number of hydrogen-bond donors (Lipinski definition) is 0. The fourth-order valence-electron chi connectivity index (χ4n) is 3.66. The number of unbranched alkanes of at least 4 members (excludes halogenated alkanes) is 13. The summed E-state index contributed by atoms with van der Waals surface area (Å²) in [4.78, 5) is 0. The molecule has 0 radical (unpaired) electrons. The van der Waals surface area contributed by atoms with Crippen molar-refractivity contribution in [2.24, 2.45) is 0 Å². The quantitative estimate of drug-likeness (QED) is 0.0739. The topological polar surface area (TPSA) is 66.4 Å². The van der Waals surface area contributed by atoms with E-state index in [9.17, 15) is 13.0 Å². The van der Waals surface area contributed by atoms with Gasteiger partial charge in [-0.3, -0.25) is 4.18 Å². The minimum atomic E-state index is -4.49. The molecule has 7 heteroatoms. The fourth-order valence-corrected chi connectivity index (χ4v) is 4.39. The summed E-state index contributed by atoms with van der Waals surface area (Å²) in [6.07, 6.45) is 17.4. The van der Waals surface area contributed by atoms with Gasteiger partial charge >= 0.3 is 0 Å². The summed E-state index contributed by atoms with van der Waals surface area (Å²) in [5.41, 5.74) is 1.38. The molecule has 0 unspecified atom stereocenters. The smallest absolute Gasteiger partial charge is 0.217 e. The normalized spacial score (nSPS) is 11.8. The molecule has 0 aromatic heterocycles. The van der Waals surface area contributed by atoms with Crippen molar-refractivity contribution in [3.8, 4) is 0 Å². The second kappa shape index (κ2) is 20.7. The first-order valence-corrected chi connectivity index (χ1v) is 15.4. The first-order chi connectivity index (χ1) is 16.1. The Hall–Kier alpha value is -0.470. The van der Waals surface area contributed by atoms with Crippen molar-refractivity contribution in [1.29, 1.82) is 0 Å². The summed E-state index contributed by atoms with van der Waals surface area (Å²) in [5, 5.41) is 0. The zero-order valence-electron chi connectivity index (χ0n) is 22.2. The van der Waals surface area contributed by atoms with Gasteiger partial charge in [-0.25, -0.2) is 8.42 Å². The van der Waals surface area contributed by atoms with Gasteiger partial charge in [0, 0.05) is 10.0 Å². The third-order valence-electron chi connectivity index (χ3n) is 6.14. The minimum Gasteiger partial charge on any atom is -0.726 e. The molecular formula is C27H50BrNO4S. The van der Waals surface area contributed by atoms with Gasteiger partial charge in [0.15, 0.2) is 0 Å². The van der Waals surface area contributed by atoms with Crippen LogP contribution in [-0.4, -0.2) is 44.7 Å². The van der Waals surface area contributed by atoms with E-state index in [1.807, 2.05) is 0 Å². The Morgan fingerprint density at radius 2 is 1.24 bits per heavy atom. The van der Waals surface area contributed by atoms with Crippen LogP contribution in [-0.2, 0) is 21.1 Å². The van der Waals surface area contributed by atoms with E-state index in [0.29, 0.717) is 6.42 Å². The highest BCUT2D eigenvalue weighted by Gasteiger charge is 2.14. The molecule has 0 heterocycles. The van der Waals surface area contributed by atoms with Crippen LogP contribution in [0.3, 0.4) is 0 Å². The van der Waals surface area contributed by atoms with Crippen LogP contribution in [0.15, 0.2) is 28.7 Å². The lowest BCUT2D eigenvalue weighted by molar-refractivity contribution is -0.901. The van der Waals surface area contributed by atoms with Gasteiger partial charge in [0.1, 0.15) is 6.54 Å². The average Bonchev–Trinajstić information content (AvgIpc) is 2.77. The summed E-state index contributed by atoms with van der Waals surface area (Å²) in [5.74, 6) is 0. The third-order valence-corrected chi connectivity index (χ3v) is 7.37. The zero-order valence-corrected chi connectivity index (χ0v) is 24.6. The summed E-state index contributed by atoms with van der Waals surface area (Å²) in [7, 11) is 0.00682. The number of rotatable bonds is 19. The Bertz CT molecular complexity index is 710. The molecule has 0 saturated heterocycles. The van der Waals surface area contributed by atoms with Crippen LogP contribution in [0.1, 0.15) is 109 Å². The molecule has 0 aliphatic rings. The van der Waals surface area contributed by atoms with Gasteiger partial charge < -0.3 is 9.04 Å². The Morgan fingerprint density at radius 1 is 0.794 bits per heavy atom. The van der Waals surface area contributed by atoms with E-state index in [2.05, 4.69) is 72.3 Å². The summed E-state index contributed by atoms with van der Waals surface area (Å²) in [6, 6.07) is 8.43. The fraction of sp³-hybridized carbons (Fsp3) is 0.778. The average molecular weight is 565 g/mol. The number of halogens is 1. The van der Waals surface area contributed by atoms with Crippen molar-refractivity contribution < 1.29 is 21.6 Å². The molecule has 0 atom stereocenters. The van der Waals surface area contributed by atoms with Gasteiger partial charge in [-0.1, -0.05) is 125 Å². The monoisotopic (exact) mass is 563 g/mol. The molecule has 0 amide bonds. The minimum absolute atomic E-state index is 0.0316. The van der Waals surface area contributed by atoms with Crippen molar-refractivity contribution in [1.82, 2.24) is 0 Å². The summed E-state index contributed by atoms with van der Waals surface area (Å²) < 4.78 is 37.0. The molecule has 34 heavy (non-hydrogen) atoms. The molecule has 1 rings (SSSR count). The van der Waals surface area contributed by atoms with Crippen LogP contribution in [0.4, 0.5) is 0 Å². The molecule has 0 saturated carbocycles. The molecular weight excluding hydrogens is 514 g/mol. The Labute approximate surface area is 219 Å². The first-order valence-electron chi connectivity index (χ1n) is 13.3. The SMILES string of the molecule is CCCCCCCCCCCCCCCCOS(=O)(=O)[O-].CC[N+](C)(C)Cc1ccccc1Br. The van der Waals surface area contributed by atoms with E-state index in [-0.39, 0.29) is 6.61 Å². The first kappa shape index (κ1) is 33.5. The van der Waals surface area contributed by atoms with Crippen LogP contribution in [0.2, 0.25) is 0 Å². The standard InChI is InChI=1S/C16H34O4S.C11H17BrN/c1-2-3-4-5-6-7-8-9-10-11-12-13-14-15-16-20-21(17,18)19;1-4-13(2,3)9-10-7-5-6-8-11(10)12/h2-16H2,1H3,(H,17,18,19);5-8H,4,9H2,1-3H3/q;+1/p-1. The predicted octanol–water partition coefficient (Wildman–Crippen LogP) is 7.99. The Balaban J connectivity index is 0.000000712. The number of benzene rings is 1. The lowest BCUT2D eigenvalue weighted by atomic mass is 10.0. The number of quaternary nitrogens is 1. The molecule has 0 fully saturated rings. The number of hydrogen-bond acceptors (Lipinski definition) is 4. The molecule has 5 nitrogen and oxygen atoms in total. The molecule has 1 aromatic carbocycles. The molecule has 1 aromatic rings. The van der Waals surface area contributed by atoms with Gasteiger partial charge in [-0.2, -0.15) is 0 Å². The maximum absolute atomic E-state index is 10.2. The molecule has 200 valence electrons. The predicted molar refractivity (Wildman–Crippen MR) is 146 cm³/mol. The lowest BCUT2D eigenvalue weighted by Crippen LogP contribution is -2.38. The van der Waals surface area contributed by atoms with Crippen molar-refractivity contribution in [3.05, 3.63) is 34.3 Å². The maximum atomic E-state index is 10.2. The highest BCUT2D eigenvalue weighted by atomic mass is 79.9. The Morgan fingerprint density at radius 3 is 1.65 bits per heavy atom. The largest absolute Gasteiger partial charge is 0.726 e. The number of nitrogens with zero attached hydrogens (tertiary/aromatic N) is 1. The van der Waals surface area contributed by atoms with Gasteiger partial charge in [-0.05, 0) is 19.4 Å². The van der Waals surface area contributed by atoms with Crippen molar-refractivity contribution in [2.75, 3.05) is 27.2 Å². The Kier molecular flexibility index (Phi) is 20.4. The van der Waals surface area contributed by atoms with Crippen LogP contribution in [0.5, 0.6) is 0 Å². The van der Waals surface area contributed by atoms with Gasteiger partial charge in [0.25, 0.3) is 0 Å². The van der Waals surface area contributed by atoms with Crippen LogP contribution < -0.4 is 0 Å². The van der Waals surface area contributed by atoms with E-state index >= 15 is 0 Å². The maximum Gasteiger partial charge on any atom is 0.217 e. The van der Waals surface area contributed by atoms with E-state index in [1.54, 1.807) is 0 Å². The van der Waals surface area contributed by atoms with Gasteiger partial charge in [0.05, 0.1) is 27.2 Å². The van der Waals surface area contributed by atoms with Crippen molar-refractivity contribution in [2.45, 2.75) is 110 Å². The summed E-state index contributed by atoms with van der Waals surface area (Å²) >= 11 is 3.57. The van der Waals surface area contributed by atoms with E-state index in [1.165, 1.54) is 80.7 Å². The highest BCUT2D eigenvalue weighted by Crippen LogP contribution is 2.19. The van der Waals surface area contributed by atoms with E-state index in [0.717, 1.165) is 30.4 Å². The molecule has 0 aliphatic heterocycles. The van der Waals surface area contributed by atoms with Crippen LogP contribution in [0.25, 0.3) is 0 Å². The third kappa shape index (κ3) is 22.0. The molecule has 0 bridgehead atoms. The molecule has 0 aliphatic carbocycles. The lowest BCUT2D eigenvalue weighted by Gasteiger charge is -2.28. The second-order valence-electron chi connectivity index (χ2n) is 9.83. The van der Waals surface area contributed by atoms with Crippen molar-refractivity contribution >= 4 is 26.3 Å². The van der Waals surface area contributed by atoms with Gasteiger partial charge in [0.2, 0.25) is 10.4 Å². The van der Waals surface area contributed by atoms with Crippen LogP contribution in [0, 0.1) is 0 Å². The molecule has 0 N–H and O–H groups in total. The van der Waals surface area contributed by atoms with Crippen LogP contribution >= 0.6 is 15.9 Å². The summed E-state index contributed by atoms with van der Waals surface area (Å²) in [6.45, 7) is 6.73. The van der Waals surface area contributed by atoms with E-state index in [4.69, 9.17) is 0 Å². The second-order valence-corrected chi connectivity index (χ2v) is 11.7. The zero-order chi connectivity index (χ0) is 25.7. The highest BCUT2D eigenvalue weighted by molar-refractivity contribution is 9.10. The molecule has 0 spiro atoms.